The van der Waals surface area contributed by atoms with Gasteiger partial charge in [0.15, 0.2) is 5.69 Å². The molecule has 1 amide bonds. The van der Waals surface area contributed by atoms with Crippen molar-refractivity contribution in [1.82, 2.24) is 9.78 Å². The summed E-state index contributed by atoms with van der Waals surface area (Å²) in [7, 11) is 0. The second-order valence-electron chi connectivity index (χ2n) is 5.75. The predicted octanol–water partition coefficient (Wildman–Crippen LogP) is 3.34. The number of aromatic carboxylic acids is 1. The van der Waals surface area contributed by atoms with E-state index in [1.165, 1.54) is 24.3 Å². The molecule has 10 heteroatoms. The number of carbonyl (C=O) groups excluding carboxylic acids is 1. The largest absolute Gasteiger partial charge is 0.478 e. The molecule has 2 N–H and O–H groups in total. The van der Waals surface area contributed by atoms with Crippen molar-refractivity contribution in [1.29, 1.82) is 0 Å². The number of nitrogens with zero attached hydrogens (tertiary/aromatic N) is 2. The van der Waals surface area contributed by atoms with Gasteiger partial charge in [0.05, 0.1) is 18.0 Å². The smallest absolute Gasteiger partial charge is 0.434 e. The van der Waals surface area contributed by atoms with Crippen LogP contribution in [-0.4, -0.2) is 39.5 Å². The second-order valence-corrected chi connectivity index (χ2v) is 5.75. The molecule has 1 aromatic heterocycles. The van der Waals surface area contributed by atoms with E-state index in [9.17, 15) is 22.8 Å². The van der Waals surface area contributed by atoms with Gasteiger partial charge in [0.1, 0.15) is 12.2 Å². The van der Waals surface area contributed by atoms with Crippen molar-refractivity contribution in [2.75, 3.05) is 11.9 Å². The average molecular weight is 385 g/mol. The van der Waals surface area contributed by atoms with Gasteiger partial charge in [-0.05, 0) is 37.6 Å². The van der Waals surface area contributed by atoms with Gasteiger partial charge in [-0.15, -0.1) is 0 Å². The van der Waals surface area contributed by atoms with Crippen LogP contribution in [0.15, 0.2) is 30.5 Å². The summed E-state index contributed by atoms with van der Waals surface area (Å²) in [5, 5.41) is 15.0. The third-order valence-corrected chi connectivity index (χ3v) is 3.74. The first-order valence-corrected chi connectivity index (χ1v) is 8.03. The number of carbonyl (C=O) groups is 2. The summed E-state index contributed by atoms with van der Waals surface area (Å²) in [5.41, 5.74) is -1.96. The molecular weight excluding hydrogens is 367 g/mol. The maximum absolute atomic E-state index is 13.2. The van der Waals surface area contributed by atoms with Crippen LogP contribution in [0.25, 0.3) is 5.69 Å². The molecule has 0 aliphatic rings. The van der Waals surface area contributed by atoms with Crippen LogP contribution < -0.4 is 5.32 Å². The molecule has 1 unspecified atom stereocenters. The number of nitrogens with one attached hydrogen (secondary N) is 1. The number of ether oxygens (including phenoxy) is 1. The summed E-state index contributed by atoms with van der Waals surface area (Å²) in [5.74, 6) is -2.12. The number of aromatic nitrogens is 2. The highest BCUT2D eigenvalue weighted by Crippen LogP contribution is 2.33. The lowest BCUT2D eigenvalue weighted by Crippen LogP contribution is -2.21. The Hall–Kier alpha value is -2.88. The molecule has 2 aromatic rings. The quantitative estimate of drug-likeness (QED) is 0.763. The first kappa shape index (κ1) is 20.4. The fourth-order valence-electron chi connectivity index (χ4n) is 2.19. The fraction of sp³-hybridized carbons (Fsp3) is 0.353. The molecular formula is C17H18F3N3O4. The molecule has 0 saturated carbocycles. The van der Waals surface area contributed by atoms with E-state index in [4.69, 9.17) is 9.84 Å². The van der Waals surface area contributed by atoms with E-state index in [2.05, 4.69) is 10.4 Å². The lowest BCUT2D eigenvalue weighted by Gasteiger charge is -2.13. The second kappa shape index (κ2) is 8.21. The van der Waals surface area contributed by atoms with E-state index in [1.54, 1.807) is 0 Å². The number of alkyl halides is 3. The molecule has 0 spiro atoms. The van der Waals surface area contributed by atoms with Gasteiger partial charge >= 0.3 is 12.1 Å². The highest BCUT2D eigenvalue weighted by molar-refractivity contribution is 5.92. The molecule has 27 heavy (non-hydrogen) atoms. The highest BCUT2D eigenvalue weighted by Gasteiger charge is 2.40. The third kappa shape index (κ3) is 5.07. The van der Waals surface area contributed by atoms with Crippen LogP contribution in [0.3, 0.4) is 0 Å². The predicted molar refractivity (Wildman–Crippen MR) is 89.9 cm³/mol. The lowest BCUT2D eigenvalue weighted by atomic mass is 10.2. The molecule has 0 bridgehead atoms. The normalized spacial score (nSPS) is 12.6. The fourth-order valence-corrected chi connectivity index (χ4v) is 2.19. The maximum Gasteiger partial charge on any atom is 0.434 e. The van der Waals surface area contributed by atoms with Crippen molar-refractivity contribution in [3.8, 4) is 5.69 Å². The minimum absolute atomic E-state index is 0.00341. The van der Waals surface area contributed by atoms with Crippen molar-refractivity contribution in [3.63, 3.8) is 0 Å². The molecule has 0 aliphatic carbocycles. The molecule has 0 fully saturated rings. The first-order chi connectivity index (χ1) is 12.6. The van der Waals surface area contributed by atoms with E-state index in [0.29, 0.717) is 16.6 Å². The van der Waals surface area contributed by atoms with Gasteiger partial charge in [-0.2, -0.15) is 18.3 Å². The van der Waals surface area contributed by atoms with E-state index in [0.717, 1.165) is 6.42 Å². The Morgan fingerprint density at radius 2 is 1.93 bits per heavy atom. The van der Waals surface area contributed by atoms with Gasteiger partial charge < -0.3 is 15.2 Å². The topological polar surface area (TPSA) is 93.5 Å². The number of rotatable bonds is 7. The van der Waals surface area contributed by atoms with Crippen LogP contribution in [-0.2, 0) is 15.7 Å². The summed E-state index contributed by atoms with van der Waals surface area (Å²) < 4.78 is 45.5. The lowest BCUT2D eigenvalue weighted by molar-refractivity contribution is -0.143. The summed E-state index contributed by atoms with van der Waals surface area (Å²) in [4.78, 5) is 22.8. The van der Waals surface area contributed by atoms with Crippen LogP contribution in [0.1, 0.15) is 36.3 Å². The standard InChI is InChI=1S/C17H18F3N3O4/c1-3-10(2)27-9-14(24)22-11-4-6-12(7-5-11)23-15(17(18,19)20)13(8-21-23)16(25)26/h4-8,10H,3,9H2,1-2H3,(H,22,24)(H,25,26). The first-order valence-electron chi connectivity index (χ1n) is 8.03. The van der Waals surface area contributed by atoms with Crippen molar-refractivity contribution < 1.29 is 32.6 Å². The molecule has 0 radical (unpaired) electrons. The number of carboxylic acid groups (broad SMARTS) is 1. The summed E-state index contributed by atoms with van der Waals surface area (Å²) in [6, 6.07) is 5.36. The molecule has 7 nitrogen and oxygen atoms in total. The Morgan fingerprint density at radius 3 is 2.44 bits per heavy atom. The maximum atomic E-state index is 13.2. The summed E-state index contributed by atoms with van der Waals surface area (Å²) in [6.07, 6.45) is -3.56. The van der Waals surface area contributed by atoms with E-state index in [1.807, 2.05) is 13.8 Å². The van der Waals surface area contributed by atoms with Crippen molar-refractivity contribution in [2.24, 2.45) is 0 Å². The molecule has 1 heterocycles. The van der Waals surface area contributed by atoms with Gasteiger partial charge in [-0.25, -0.2) is 9.48 Å². The molecule has 1 atom stereocenters. The van der Waals surface area contributed by atoms with E-state index >= 15 is 0 Å². The van der Waals surface area contributed by atoms with E-state index in [-0.39, 0.29) is 18.4 Å². The Bertz CT molecular complexity index is 816. The Kier molecular flexibility index (Phi) is 6.21. The van der Waals surface area contributed by atoms with Gasteiger partial charge in [0.25, 0.3) is 0 Å². The van der Waals surface area contributed by atoms with Gasteiger partial charge in [0, 0.05) is 5.69 Å². The zero-order valence-electron chi connectivity index (χ0n) is 14.6. The number of hydrogen-bond acceptors (Lipinski definition) is 4. The molecule has 146 valence electrons. The van der Waals surface area contributed by atoms with Crippen LogP contribution in [0.4, 0.5) is 18.9 Å². The number of halogens is 3. The van der Waals surface area contributed by atoms with Gasteiger partial charge in [0.2, 0.25) is 5.91 Å². The minimum Gasteiger partial charge on any atom is -0.478 e. The van der Waals surface area contributed by atoms with E-state index < -0.39 is 29.3 Å². The molecule has 1 aromatic carbocycles. The van der Waals surface area contributed by atoms with Gasteiger partial charge in [-0.3, -0.25) is 4.79 Å². The molecule has 0 aliphatic heterocycles. The summed E-state index contributed by atoms with van der Waals surface area (Å²) >= 11 is 0. The SMILES string of the molecule is CCC(C)OCC(=O)Nc1ccc(-n2ncc(C(=O)O)c2C(F)(F)F)cc1. The molecule has 2 rings (SSSR count). The number of amides is 1. The van der Waals surface area contributed by atoms with Crippen LogP contribution in [0.2, 0.25) is 0 Å². The monoisotopic (exact) mass is 385 g/mol. The number of carboxylic acids is 1. The van der Waals surface area contributed by atoms with Crippen LogP contribution in [0, 0.1) is 0 Å². The number of anilines is 1. The van der Waals surface area contributed by atoms with Gasteiger partial charge in [-0.1, -0.05) is 6.92 Å². The Labute approximate surface area is 152 Å². The van der Waals surface area contributed by atoms with Crippen molar-refractivity contribution in [3.05, 3.63) is 41.7 Å². The Balaban J connectivity index is 2.19. The number of hydrogen-bond donors (Lipinski definition) is 2. The van der Waals surface area contributed by atoms with Crippen LogP contribution in [0.5, 0.6) is 0 Å². The zero-order chi connectivity index (χ0) is 20.2. The summed E-state index contributed by atoms with van der Waals surface area (Å²) in [6.45, 7) is 3.60. The Morgan fingerprint density at radius 1 is 1.30 bits per heavy atom. The van der Waals surface area contributed by atoms with Crippen LogP contribution >= 0.6 is 0 Å². The average Bonchev–Trinajstić information content (AvgIpc) is 3.06. The zero-order valence-corrected chi connectivity index (χ0v) is 14.6. The number of benzene rings is 1. The van der Waals surface area contributed by atoms with Crippen molar-refractivity contribution >= 4 is 17.6 Å². The highest BCUT2D eigenvalue weighted by atomic mass is 19.4. The minimum atomic E-state index is -4.90. The van der Waals surface area contributed by atoms with Crippen molar-refractivity contribution in [2.45, 2.75) is 32.5 Å². The molecule has 0 saturated heterocycles. The third-order valence-electron chi connectivity index (χ3n) is 3.74.